The molecule has 2 heterocycles. The minimum Gasteiger partial charge on any atom is -0.478 e. The second-order valence-corrected chi connectivity index (χ2v) is 8.50. The molecule has 0 spiro atoms. The van der Waals surface area contributed by atoms with Gasteiger partial charge in [-0.3, -0.25) is 4.79 Å². The smallest absolute Gasteiger partial charge is 0.335 e. The van der Waals surface area contributed by atoms with E-state index in [1.54, 1.807) is 0 Å². The molecule has 0 aliphatic carbocycles. The number of carboxylic acids is 1. The maximum absolute atomic E-state index is 13.9. The summed E-state index contributed by atoms with van der Waals surface area (Å²) in [5.74, 6) is -2.89. The van der Waals surface area contributed by atoms with Gasteiger partial charge in [0.1, 0.15) is 15.6 Å². The van der Waals surface area contributed by atoms with Crippen LogP contribution >= 0.6 is 11.3 Å². The lowest BCUT2D eigenvalue weighted by atomic mass is 10.2. The molecule has 1 aromatic carbocycles. The number of hydrogen-bond donors (Lipinski definition) is 2. The zero-order valence-corrected chi connectivity index (χ0v) is 15.1. The lowest BCUT2D eigenvalue weighted by Gasteiger charge is -2.15. The Morgan fingerprint density at radius 3 is 2.54 bits per heavy atom. The van der Waals surface area contributed by atoms with Gasteiger partial charge in [0.25, 0.3) is 5.91 Å². The maximum atomic E-state index is 13.9. The van der Waals surface area contributed by atoms with Crippen molar-refractivity contribution >= 4 is 38.9 Å². The summed E-state index contributed by atoms with van der Waals surface area (Å²) in [6, 6.07) is 4.33. The highest BCUT2D eigenvalue weighted by molar-refractivity contribution is 7.89. The Morgan fingerprint density at radius 1 is 1.19 bits per heavy atom. The summed E-state index contributed by atoms with van der Waals surface area (Å²) in [5.41, 5.74) is -0.523. The second-order valence-electron chi connectivity index (χ2n) is 5.68. The highest BCUT2D eigenvalue weighted by atomic mass is 32.2. The average molecular weight is 398 g/mol. The van der Waals surface area contributed by atoms with Crippen molar-refractivity contribution in [1.82, 2.24) is 4.31 Å². The van der Waals surface area contributed by atoms with Gasteiger partial charge in [-0.1, -0.05) is 0 Å². The van der Waals surface area contributed by atoms with Crippen LogP contribution < -0.4 is 5.32 Å². The Hall–Kier alpha value is -2.30. The number of nitrogens with one attached hydrogen (secondary N) is 1. The van der Waals surface area contributed by atoms with E-state index in [1.807, 2.05) is 0 Å². The second kappa shape index (κ2) is 7.14. The lowest BCUT2D eigenvalue weighted by molar-refractivity contribution is 0.0696. The Kier molecular flexibility index (Phi) is 5.08. The molecule has 2 aromatic rings. The molecule has 1 saturated heterocycles. The first-order valence-corrected chi connectivity index (χ1v) is 10.0. The third-order valence-corrected chi connectivity index (χ3v) is 6.96. The predicted octanol–water partition coefficient (Wildman–Crippen LogP) is 2.62. The predicted molar refractivity (Wildman–Crippen MR) is 93.6 cm³/mol. The Balaban J connectivity index is 1.90. The first kappa shape index (κ1) is 18.5. The van der Waals surface area contributed by atoms with Gasteiger partial charge in [0, 0.05) is 13.1 Å². The first-order valence-electron chi connectivity index (χ1n) is 7.72. The third-order valence-electron chi connectivity index (χ3n) is 3.98. The van der Waals surface area contributed by atoms with Gasteiger partial charge in [-0.2, -0.15) is 4.31 Å². The van der Waals surface area contributed by atoms with Crippen molar-refractivity contribution in [1.29, 1.82) is 0 Å². The summed E-state index contributed by atoms with van der Waals surface area (Å²) >= 11 is 0.922. The van der Waals surface area contributed by atoms with Crippen molar-refractivity contribution in [2.75, 3.05) is 18.4 Å². The van der Waals surface area contributed by atoms with E-state index in [-0.39, 0.29) is 21.0 Å². The molecular weight excluding hydrogens is 383 g/mol. The number of nitrogens with zero attached hydrogens (tertiary/aromatic N) is 1. The van der Waals surface area contributed by atoms with E-state index < -0.39 is 27.7 Å². The first-order chi connectivity index (χ1) is 12.3. The SMILES string of the molecule is O=C(O)c1ccc(F)c(NC(=O)c2sccc2S(=O)(=O)N2CCCC2)c1. The molecule has 7 nitrogen and oxygen atoms in total. The molecule has 1 fully saturated rings. The van der Waals surface area contributed by atoms with E-state index in [0.717, 1.165) is 42.4 Å². The quantitative estimate of drug-likeness (QED) is 0.806. The number of anilines is 1. The van der Waals surface area contributed by atoms with Gasteiger partial charge < -0.3 is 10.4 Å². The molecule has 0 atom stereocenters. The summed E-state index contributed by atoms with van der Waals surface area (Å²) in [7, 11) is -3.80. The van der Waals surface area contributed by atoms with E-state index in [9.17, 15) is 22.4 Å². The highest BCUT2D eigenvalue weighted by Crippen LogP contribution is 2.28. The van der Waals surface area contributed by atoms with Crippen LogP contribution in [0.15, 0.2) is 34.5 Å². The molecule has 0 radical (unpaired) electrons. The van der Waals surface area contributed by atoms with Crippen LogP contribution in [0.2, 0.25) is 0 Å². The Labute approximate surface area is 153 Å². The van der Waals surface area contributed by atoms with Crippen LogP contribution in [-0.2, 0) is 10.0 Å². The number of hydrogen-bond acceptors (Lipinski definition) is 5. The Morgan fingerprint density at radius 2 is 1.88 bits per heavy atom. The van der Waals surface area contributed by atoms with Crippen molar-refractivity contribution in [3.05, 3.63) is 45.9 Å². The third kappa shape index (κ3) is 3.48. The van der Waals surface area contributed by atoms with Gasteiger partial charge in [-0.15, -0.1) is 11.3 Å². The fourth-order valence-electron chi connectivity index (χ4n) is 2.67. The van der Waals surface area contributed by atoms with E-state index in [4.69, 9.17) is 5.11 Å². The number of rotatable bonds is 5. The zero-order chi connectivity index (χ0) is 18.9. The molecular formula is C16H15FN2O5S2. The number of carboxylic acid groups (broad SMARTS) is 1. The molecule has 10 heteroatoms. The fraction of sp³-hybridized carbons (Fsp3) is 0.250. The van der Waals surface area contributed by atoms with Gasteiger partial charge in [0.15, 0.2) is 0 Å². The number of sulfonamides is 1. The minimum absolute atomic E-state index is 0.0722. The molecule has 2 N–H and O–H groups in total. The summed E-state index contributed by atoms with van der Waals surface area (Å²) in [6.07, 6.45) is 1.52. The topological polar surface area (TPSA) is 104 Å². The standard InChI is InChI=1S/C16H15FN2O5S2/c17-11-4-3-10(16(21)22)9-12(11)18-15(20)14-13(5-8-25-14)26(23,24)19-6-1-2-7-19/h3-5,8-9H,1-2,6-7H2,(H,18,20)(H,21,22). The number of aromatic carboxylic acids is 1. The van der Waals surface area contributed by atoms with Crippen LogP contribution in [0, 0.1) is 5.82 Å². The fourth-order valence-corrected chi connectivity index (χ4v) is 5.48. The van der Waals surface area contributed by atoms with E-state index in [1.165, 1.54) is 15.8 Å². The lowest BCUT2D eigenvalue weighted by Crippen LogP contribution is -2.29. The molecule has 3 rings (SSSR count). The number of carbonyl (C=O) groups excluding carboxylic acids is 1. The maximum Gasteiger partial charge on any atom is 0.335 e. The number of amides is 1. The van der Waals surface area contributed by atoms with Gasteiger partial charge in [0.05, 0.1) is 11.3 Å². The molecule has 26 heavy (non-hydrogen) atoms. The molecule has 0 saturated carbocycles. The van der Waals surface area contributed by atoms with Gasteiger partial charge in [-0.25, -0.2) is 17.6 Å². The van der Waals surface area contributed by atoms with Crippen LogP contribution in [0.25, 0.3) is 0 Å². The average Bonchev–Trinajstić information content (AvgIpc) is 3.28. The number of carbonyl (C=O) groups is 2. The van der Waals surface area contributed by atoms with Crippen LogP contribution in [-0.4, -0.2) is 42.8 Å². The number of thiophene rings is 1. The van der Waals surface area contributed by atoms with Crippen molar-refractivity contribution in [3.8, 4) is 0 Å². The molecule has 1 aromatic heterocycles. The van der Waals surface area contributed by atoms with Gasteiger partial charge >= 0.3 is 5.97 Å². The minimum atomic E-state index is -3.80. The summed E-state index contributed by atoms with van der Waals surface area (Å²) in [6.45, 7) is 0.795. The highest BCUT2D eigenvalue weighted by Gasteiger charge is 2.32. The van der Waals surface area contributed by atoms with Crippen LogP contribution in [0.3, 0.4) is 0 Å². The van der Waals surface area contributed by atoms with Crippen LogP contribution in [0.4, 0.5) is 10.1 Å². The monoisotopic (exact) mass is 398 g/mol. The number of benzene rings is 1. The van der Waals surface area contributed by atoms with Crippen LogP contribution in [0.5, 0.6) is 0 Å². The molecule has 1 aliphatic rings. The van der Waals surface area contributed by atoms with Crippen molar-refractivity contribution < 1.29 is 27.5 Å². The number of halogens is 1. The largest absolute Gasteiger partial charge is 0.478 e. The molecule has 1 amide bonds. The summed E-state index contributed by atoms with van der Waals surface area (Å²) < 4.78 is 40.6. The molecule has 0 unspecified atom stereocenters. The molecule has 0 bridgehead atoms. The van der Waals surface area contributed by atoms with Gasteiger partial charge in [-0.05, 0) is 42.5 Å². The van der Waals surface area contributed by atoms with Crippen molar-refractivity contribution in [2.45, 2.75) is 17.7 Å². The molecule has 1 aliphatic heterocycles. The van der Waals surface area contributed by atoms with Crippen molar-refractivity contribution in [3.63, 3.8) is 0 Å². The van der Waals surface area contributed by atoms with Crippen LogP contribution in [0.1, 0.15) is 32.9 Å². The summed E-state index contributed by atoms with van der Waals surface area (Å²) in [4.78, 5) is 23.3. The normalized spacial score (nSPS) is 15.1. The summed E-state index contributed by atoms with van der Waals surface area (Å²) in [5, 5.41) is 12.7. The molecule has 138 valence electrons. The zero-order valence-electron chi connectivity index (χ0n) is 13.4. The van der Waals surface area contributed by atoms with E-state index >= 15 is 0 Å². The van der Waals surface area contributed by atoms with E-state index in [0.29, 0.717) is 13.1 Å². The van der Waals surface area contributed by atoms with E-state index in [2.05, 4.69) is 5.32 Å². The van der Waals surface area contributed by atoms with Gasteiger partial charge in [0.2, 0.25) is 10.0 Å². The van der Waals surface area contributed by atoms with Crippen molar-refractivity contribution in [2.24, 2.45) is 0 Å². The Bertz CT molecular complexity index is 965.